The maximum absolute atomic E-state index is 13.5. The van der Waals surface area contributed by atoms with Crippen molar-refractivity contribution in [2.75, 3.05) is 45.2 Å². The highest BCUT2D eigenvalue weighted by Gasteiger charge is 2.29. The molecule has 1 heterocycles. The number of rotatable bonds is 8. The molecule has 0 unspecified atom stereocenters. The van der Waals surface area contributed by atoms with Crippen molar-refractivity contribution in [2.24, 2.45) is 5.10 Å². The number of methoxy groups -OCH3 is 2. The van der Waals surface area contributed by atoms with Gasteiger partial charge in [0.05, 0.1) is 24.8 Å². The number of hydrogen-bond acceptors (Lipinski definition) is 7. The number of amides is 1. The molecule has 0 aliphatic carbocycles. The van der Waals surface area contributed by atoms with Crippen molar-refractivity contribution in [2.45, 2.75) is 17.7 Å². The van der Waals surface area contributed by atoms with Crippen LogP contribution < -0.4 is 19.2 Å². The molecule has 1 saturated heterocycles. The fraction of sp³-hybridized carbons (Fsp3) is 0.364. The number of carbonyl (C=O) groups excluding carboxylic acids is 1. The van der Waals surface area contributed by atoms with Gasteiger partial charge in [-0.1, -0.05) is 12.1 Å². The third-order valence-electron chi connectivity index (χ3n) is 5.19. The standard InChI is InChI=1S/C22H28N4O5S/c1-25-14-12-17(13-15-25)23-24-22(27)16-26(20-6-4-5-7-21(20)31-3)32(28,29)19-10-8-18(30-2)9-11-19/h4-11H,12-16H2,1-3H3,(H,24,27). The summed E-state index contributed by atoms with van der Waals surface area (Å²) in [6.45, 7) is 1.28. The number of para-hydroxylation sites is 2. The van der Waals surface area contributed by atoms with E-state index in [1.54, 1.807) is 36.4 Å². The van der Waals surface area contributed by atoms with Crippen molar-refractivity contribution in [1.82, 2.24) is 10.3 Å². The lowest BCUT2D eigenvalue weighted by Crippen LogP contribution is -2.40. The lowest BCUT2D eigenvalue weighted by molar-refractivity contribution is -0.119. The molecule has 172 valence electrons. The lowest BCUT2D eigenvalue weighted by atomic mass is 10.1. The van der Waals surface area contributed by atoms with Crippen LogP contribution in [0.15, 0.2) is 58.5 Å². The summed E-state index contributed by atoms with van der Waals surface area (Å²) in [4.78, 5) is 14.9. The van der Waals surface area contributed by atoms with E-state index in [4.69, 9.17) is 9.47 Å². The molecule has 1 aliphatic heterocycles. The van der Waals surface area contributed by atoms with Gasteiger partial charge in [-0.2, -0.15) is 5.10 Å². The van der Waals surface area contributed by atoms with E-state index < -0.39 is 22.5 Å². The first-order valence-corrected chi connectivity index (χ1v) is 11.6. The van der Waals surface area contributed by atoms with Gasteiger partial charge in [-0.3, -0.25) is 9.10 Å². The Hall–Kier alpha value is -3.11. The molecule has 0 saturated carbocycles. The van der Waals surface area contributed by atoms with E-state index >= 15 is 0 Å². The van der Waals surface area contributed by atoms with Gasteiger partial charge in [0.15, 0.2) is 0 Å². The predicted molar refractivity (Wildman–Crippen MR) is 123 cm³/mol. The Morgan fingerprint density at radius 1 is 1.06 bits per heavy atom. The number of ether oxygens (including phenoxy) is 2. The van der Waals surface area contributed by atoms with Crippen LogP contribution in [-0.2, 0) is 14.8 Å². The summed E-state index contributed by atoms with van der Waals surface area (Å²) >= 11 is 0. The average molecular weight is 461 g/mol. The second kappa shape index (κ2) is 10.5. The molecule has 1 N–H and O–H groups in total. The molecule has 1 aliphatic rings. The largest absolute Gasteiger partial charge is 0.497 e. The maximum atomic E-state index is 13.5. The molecule has 3 rings (SSSR count). The average Bonchev–Trinajstić information content (AvgIpc) is 2.82. The molecule has 1 amide bonds. The number of hydrazone groups is 1. The lowest BCUT2D eigenvalue weighted by Gasteiger charge is -2.25. The number of sulfonamides is 1. The molecule has 0 aromatic heterocycles. The van der Waals surface area contributed by atoms with Gasteiger partial charge in [0.2, 0.25) is 0 Å². The highest BCUT2D eigenvalue weighted by atomic mass is 32.2. The molecule has 0 radical (unpaired) electrons. The second-order valence-corrected chi connectivity index (χ2v) is 9.24. The van der Waals surface area contributed by atoms with Gasteiger partial charge in [0, 0.05) is 31.6 Å². The first-order chi connectivity index (χ1) is 15.3. The van der Waals surface area contributed by atoms with Gasteiger partial charge in [-0.25, -0.2) is 13.8 Å². The first-order valence-electron chi connectivity index (χ1n) is 10.2. The van der Waals surface area contributed by atoms with E-state index in [-0.39, 0.29) is 10.6 Å². The molecule has 2 aromatic carbocycles. The van der Waals surface area contributed by atoms with Crippen molar-refractivity contribution >= 4 is 27.3 Å². The van der Waals surface area contributed by atoms with E-state index in [2.05, 4.69) is 15.4 Å². The number of nitrogens with zero attached hydrogens (tertiary/aromatic N) is 3. The number of anilines is 1. The summed E-state index contributed by atoms with van der Waals surface area (Å²) in [7, 11) is 0.905. The van der Waals surface area contributed by atoms with E-state index in [9.17, 15) is 13.2 Å². The summed E-state index contributed by atoms with van der Waals surface area (Å²) in [5.41, 5.74) is 3.65. The number of piperidine rings is 1. The Kier molecular flexibility index (Phi) is 7.70. The summed E-state index contributed by atoms with van der Waals surface area (Å²) in [5.74, 6) is 0.318. The zero-order valence-electron chi connectivity index (χ0n) is 18.4. The Balaban J connectivity index is 1.88. The molecule has 0 bridgehead atoms. The summed E-state index contributed by atoms with van der Waals surface area (Å²) in [5, 5.41) is 4.21. The van der Waals surface area contributed by atoms with Crippen molar-refractivity contribution in [3.63, 3.8) is 0 Å². The molecule has 0 atom stereocenters. The number of benzene rings is 2. The van der Waals surface area contributed by atoms with Gasteiger partial charge in [0.1, 0.15) is 18.0 Å². The van der Waals surface area contributed by atoms with Crippen LogP contribution in [0.1, 0.15) is 12.8 Å². The van der Waals surface area contributed by atoms with Gasteiger partial charge < -0.3 is 14.4 Å². The van der Waals surface area contributed by atoms with Crippen molar-refractivity contribution in [3.8, 4) is 11.5 Å². The smallest absolute Gasteiger partial charge is 0.264 e. The second-order valence-electron chi connectivity index (χ2n) is 7.38. The molecule has 2 aromatic rings. The minimum Gasteiger partial charge on any atom is -0.497 e. The molecule has 0 spiro atoms. The molecule has 1 fully saturated rings. The molecule has 32 heavy (non-hydrogen) atoms. The van der Waals surface area contributed by atoms with Crippen LogP contribution in [0.2, 0.25) is 0 Å². The maximum Gasteiger partial charge on any atom is 0.264 e. The summed E-state index contributed by atoms with van der Waals surface area (Å²) < 4.78 is 38.5. The minimum atomic E-state index is -4.08. The third-order valence-corrected chi connectivity index (χ3v) is 6.97. The van der Waals surface area contributed by atoms with Crippen LogP contribution in [0.25, 0.3) is 0 Å². The van der Waals surface area contributed by atoms with Gasteiger partial charge >= 0.3 is 0 Å². The fourth-order valence-corrected chi connectivity index (χ4v) is 4.74. The molecular weight excluding hydrogens is 432 g/mol. The number of hydrogen-bond donors (Lipinski definition) is 1. The van der Waals surface area contributed by atoms with Crippen LogP contribution in [0, 0.1) is 0 Å². The van der Waals surface area contributed by atoms with Crippen LogP contribution >= 0.6 is 0 Å². The van der Waals surface area contributed by atoms with Crippen LogP contribution in [-0.4, -0.2) is 65.8 Å². The van der Waals surface area contributed by atoms with Crippen molar-refractivity contribution in [3.05, 3.63) is 48.5 Å². The summed E-state index contributed by atoms with van der Waals surface area (Å²) in [6.07, 6.45) is 1.52. The summed E-state index contributed by atoms with van der Waals surface area (Å²) in [6, 6.07) is 12.6. The van der Waals surface area contributed by atoms with Crippen molar-refractivity contribution in [1.29, 1.82) is 0 Å². The third kappa shape index (κ3) is 5.57. The van der Waals surface area contributed by atoms with E-state index in [0.29, 0.717) is 11.5 Å². The predicted octanol–water partition coefficient (Wildman–Crippen LogP) is 2.10. The number of carbonyl (C=O) groups is 1. The van der Waals surface area contributed by atoms with Crippen LogP contribution in [0.4, 0.5) is 5.69 Å². The molecule has 10 heteroatoms. The zero-order valence-corrected chi connectivity index (χ0v) is 19.3. The Bertz CT molecular complexity index is 1060. The van der Waals surface area contributed by atoms with E-state index in [0.717, 1.165) is 35.9 Å². The Labute approximate surface area is 188 Å². The topological polar surface area (TPSA) is 101 Å². The van der Waals surface area contributed by atoms with Crippen LogP contribution in [0.3, 0.4) is 0 Å². The monoisotopic (exact) mass is 460 g/mol. The number of likely N-dealkylation sites (tertiary alicyclic amines) is 1. The normalized spacial score (nSPS) is 14.5. The van der Waals surface area contributed by atoms with Crippen LogP contribution in [0.5, 0.6) is 11.5 Å². The highest BCUT2D eigenvalue weighted by Crippen LogP contribution is 2.32. The first kappa shape index (κ1) is 23.6. The quantitative estimate of drug-likeness (QED) is 0.606. The SMILES string of the molecule is COc1ccc(S(=O)(=O)N(CC(=O)NN=C2CCN(C)CC2)c2ccccc2OC)cc1. The van der Waals surface area contributed by atoms with E-state index in [1.165, 1.54) is 26.4 Å². The zero-order chi connectivity index (χ0) is 23.1. The van der Waals surface area contributed by atoms with Gasteiger partial charge in [-0.15, -0.1) is 0 Å². The van der Waals surface area contributed by atoms with Crippen molar-refractivity contribution < 1.29 is 22.7 Å². The Morgan fingerprint density at radius 2 is 1.72 bits per heavy atom. The van der Waals surface area contributed by atoms with Gasteiger partial charge in [0.25, 0.3) is 15.9 Å². The molecular formula is C22H28N4O5S. The van der Waals surface area contributed by atoms with Gasteiger partial charge in [-0.05, 0) is 43.4 Å². The molecule has 9 nitrogen and oxygen atoms in total. The minimum absolute atomic E-state index is 0.0265. The number of nitrogens with one attached hydrogen (secondary N) is 1. The van der Waals surface area contributed by atoms with E-state index in [1.807, 2.05) is 7.05 Å². The highest BCUT2D eigenvalue weighted by molar-refractivity contribution is 7.92. The fourth-order valence-electron chi connectivity index (χ4n) is 3.31. The Morgan fingerprint density at radius 3 is 2.34 bits per heavy atom.